The summed E-state index contributed by atoms with van der Waals surface area (Å²) in [5.74, 6) is -0.174. The van der Waals surface area contributed by atoms with Crippen LogP contribution >= 0.6 is 11.3 Å². The van der Waals surface area contributed by atoms with E-state index in [1.165, 1.54) is 0 Å². The Hall–Kier alpha value is -3.20. The first kappa shape index (κ1) is 21.3. The van der Waals surface area contributed by atoms with E-state index in [1.54, 1.807) is 18.4 Å². The van der Waals surface area contributed by atoms with E-state index in [0.717, 1.165) is 58.2 Å². The van der Waals surface area contributed by atoms with E-state index in [0.29, 0.717) is 29.7 Å². The van der Waals surface area contributed by atoms with Crippen LogP contribution in [-0.4, -0.2) is 47.7 Å². The summed E-state index contributed by atoms with van der Waals surface area (Å²) in [4.78, 5) is 30.3. The zero-order valence-electron chi connectivity index (χ0n) is 18.9. The first-order chi connectivity index (χ1) is 16.6. The van der Waals surface area contributed by atoms with Gasteiger partial charge in [-0.3, -0.25) is 14.9 Å². The van der Waals surface area contributed by atoms with Crippen LogP contribution in [-0.2, 0) is 20.9 Å². The molecule has 5 heterocycles. The number of hydrogen-bond acceptors (Lipinski definition) is 5. The fourth-order valence-electron chi connectivity index (χ4n) is 5.49. The minimum absolute atomic E-state index is 0.338. The number of carbonyl (C=O) groups is 2. The zero-order chi connectivity index (χ0) is 23.2. The Morgan fingerprint density at radius 3 is 2.76 bits per heavy atom. The van der Waals surface area contributed by atoms with Crippen molar-refractivity contribution in [1.82, 2.24) is 20.2 Å². The standard InChI is InChI=1S/C26H26N4O3S/c1-33-14-16-10-15(6-8-27-16)12-30-13-20(17-4-2-3-5-21(17)30)23-22(24(31)29-25(23)32)19-11-28-26-18(19)7-9-34-26/h2-5,7,9,11,13,15-16,27-28H,6,8,10,12,14H2,1H3,(H,29,31,32). The van der Waals surface area contributed by atoms with E-state index in [-0.39, 0.29) is 11.8 Å². The van der Waals surface area contributed by atoms with Gasteiger partial charge in [-0.05, 0) is 42.8 Å². The molecule has 0 radical (unpaired) electrons. The van der Waals surface area contributed by atoms with Crippen molar-refractivity contribution in [1.29, 1.82) is 0 Å². The van der Waals surface area contributed by atoms with Crippen molar-refractivity contribution in [2.24, 2.45) is 5.92 Å². The SMILES string of the molecule is COCC1CC(Cn2cc(C3=C(c4c[nH]c5sccc45)C(=O)NC3=O)c3ccccc32)CCN1. The molecule has 1 fully saturated rings. The Kier molecular flexibility index (Phi) is 5.36. The Balaban J connectivity index is 1.46. The summed E-state index contributed by atoms with van der Waals surface area (Å²) in [7, 11) is 1.74. The van der Waals surface area contributed by atoms with Gasteiger partial charge >= 0.3 is 0 Å². The second-order valence-corrected chi connectivity index (χ2v) is 10.0. The molecule has 1 aromatic carbocycles. The number of rotatable bonds is 6. The first-order valence-corrected chi connectivity index (χ1v) is 12.5. The quantitative estimate of drug-likeness (QED) is 0.371. The van der Waals surface area contributed by atoms with Gasteiger partial charge in [-0.2, -0.15) is 0 Å². The normalized spacial score (nSPS) is 21.2. The fourth-order valence-corrected chi connectivity index (χ4v) is 6.26. The number of nitrogens with zero attached hydrogens (tertiary/aromatic N) is 1. The summed E-state index contributed by atoms with van der Waals surface area (Å²) < 4.78 is 7.61. The van der Waals surface area contributed by atoms with Crippen LogP contribution in [0, 0.1) is 5.92 Å². The summed E-state index contributed by atoms with van der Waals surface area (Å²) in [6, 6.07) is 10.5. The van der Waals surface area contributed by atoms with E-state index in [9.17, 15) is 9.59 Å². The molecular weight excluding hydrogens is 448 g/mol. The zero-order valence-corrected chi connectivity index (χ0v) is 19.7. The summed E-state index contributed by atoms with van der Waals surface area (Å²) >= 11 is 1.58. The molecule has 0 saturated carbocycles. The smallest absolute Gasteiger partial charge is 0.259 e. The number of hydrogen-bond donors (Lipinski definition) is 3. The van der Waals surface area contributed by atoms with Crippen molar-refractivity contribution in [3.05, 3.63) is 59.2 Å². The summed E-state index contributed by atoms with van der Waals surface area (Å²) in [6.45, 7) is 2.54. The van der Waals surface area contributed by atoms with Gasteiger partial charge in [0.25, 0.3) is 11.8 Å². The van der Waals surface area contributed by atoms with Gasteiger partial charge in [0.2, 0.25) is 0 Å². The molecule has 6 rings (SSSR count). The first-order valence-electron chi connectivity index (χ1n) is 11.6. The number of carbonyl (C=O) groups excluding carboxylic acids is 2. The van der Waals surface area contributed by atoms with Gasteiger partial charge in [-0.25, -0.2) is 0 Å². The van der Waals surface area contributed by atoms with Crippen molar-refractivity contribution in [2.75, 3.05) is 20.3 Å². The third-order valence-corrected chi connectivity index (χ3v) is 7.83. The van der Waals surface area contributed by atoms with E-state index in [1.807, 2.05) is 35.8 Å². The highest BCUT2D eigenvalue weighted by atomic mass is 32.1. The molecule has 174 valence electrons. The lowest BCUT2D eigenvalue weighted by Gasteiger charge is -2.30. The summed E-state index contributed by atoms with van der Waals surface area (Å²) in [5.41, 5.74) is 3.55. The number of imide groups is 1. The number of aromatic amines is 1. The second kappa shape index (κ2) is 8.54. The lowest BCUT2D eigenvalue weighted by Crippen LogP contribution is -2.41. The molecule has 0 spiro atoms. The third-order valence-electron chi connectivity index (χ3n) is 6.99. The van der Waals surface area contributed by atoms with Gasteiger partial charge in [0.05, 0.1) is 17.8 Å². The minimum atomic E-state index is -0.343. The molecule has 2 atom stereocenters. The number of ether oxygens (including phenoxy) is 1. The average Bonchev–Trinajstić information content (AvgIpc) is 3.58. The molecule has 1 saturated heterocycles. The van der Waals surface area contributed by atoms with Gasteiger partial charge in [0, 0.05) is 59.5 Å². The molecule has 0 bridgehead atoms. The van der Waals surface area contributed by atoms with Gasteiger partial charge in [0.15, 0.2) is 0 Å². The van der Waals surface area contributed by atoms with Crippen molar-refractivity contribution >= 4 is 55.4 Å². The molecule has 0 aliphatic carbocycles. The Bertz CT molecular complexity index is 1440. The lowest BCUT2D eigenvalue weighted by molar-refractivity contribution is -0.122. The molecule has 2 amide bonds. The van der Waals surface area contributed by atoms with E-state index in [2.05, 4.69) is 32.4 Å². The number of thiophene rings is 1. The Morgan fingerprint density at radius 2 is 1.91 bits per heavy atom. The maximum absolute atomic E-state index is 13.1. The highest BCUT2D eigenvalue weighted by Crippen LogP contribution is 2.39. The fraction of sp³-hybridized carbons (Fsp3) is 0.308. The van der Waals surface area contributed by atoms with Crippen LogP contribution in [0.5, 0.6) is 0 Å². The van der Waals surface area contributed by atoms with Crippen LogP contribution in [0.15, 0.2) is 48.1 Å². The predicted molar refractivity (Wildman–Crippen MR) is 134 cm³/mol. The van der Waals surface area contributed by atoms with Gasteiger partial charge in [-0.1, -0.05) is 18.2 Å². The van der Waals surface area contributed by atoms with E-state index < -0.39 is 0 Å². The third kappa shape index (κ3) is 3.50. The number of fused-ring (bicyclic) bond motifs is 2. The van der Waals surface area contributed by atoms with Crippen molar-refractivity contribution in [2.45, 2.75) is 25.4 Å². The van der Waals surface area contributed by atoms with Crippen molar-refractivity contribution < 1.29 is 14.3 Å². The van der Waals surface area contributed by atoms with Gasteiger partial charge in [-0.15, -0.1) is 11.3 Å². The Morgan fingerprint density at radius 1 is 1.09 bits per heavy atom. The number of benzene rings is 1. The highest BCUT2D eigenvalue weighted by Gasteiger charge is 2.35. The maximum atomic E-state index is 13.1. The van der Waals surface area contributed by atoms with Crippen LogP contribution in [0.25, 0.3) is 32.3 Å². The molecule has 4 aromatic rings. The molecule has 2 aliphatic rings. The van der Waals surface area contributed by atoms with E-state index in [4.69, 9.17) is 4.74 Å². The van der Waals surface area contributed by atoms with Crippen molar-refractivity contribution in [3.63, 3.8) is 0 Å². The van der Waals surface area contributed by atoms with Crippen LogP contribution in [0.3, 0.4) is 0 Å². The van der Waals surface area contributed by atoms with Gasteiger partial charge < -0.3 is 19.6 Å². The largest absolute Gasteiger partial charge is 0.383 e. The molecular formula is C26H26N4O3S. The molecule has 7 nitrogen and oxygen atoms in total. The number of methoxy groups -OCH3 is 1. The average molecular weight is 475 g/mol. The van der Waals surface area contributed by atoms with Gasteiger partial charge in [0.1, 0.15) is 4.83 Å². The van der Waals surface area contributed by atoms with Crippen LogP contribution < -0.4 is 10.6 Å². The number of nitrogens with one attached hydrogen (secondary N) is 3. The number of H-pyrrole nitrogens is 1. The molecule has 2 unspecified atom stereocenters. The molecule has 34 heavy (non-hydrogen) atoms. The van der Waals surface area contributed by atoms with E-state index >= 15 is 0 Å². The minimum Gasteiger partial charge on any atom is -0.383 e. The molecule has 3 N–H and O–H groups in total. The van der Waals surface area contributed by atoms with Crippen LogP contribution in [0.2, 0.25) is 0 Å². The number of amides is 2. The maximum Gasteiger partial charge on any atom is 0.259 e. The summed E-state index contributed by atoms with van der Waals surface area (Å²) in [6.07, 6.45) is 6.03. The summed E-state index contributed by atoms with van der Waals surface area (Å²) in [5, 5.41) is 10.0. The number of para-hydroxylation sites is 1. The monoisotopic (exact) mass is 474 g/mol. The lowest BCUT2D eigenvalue weighted by atomic mass is 9.92. The second-order valence-electron chi connectivity index (χ2n) is 9.11. The molecule has 8 heteroatoms. The number of aromatic nitrogens is 2. The highest BCUT2D eigenvalue weighted by molar-refractivity contribution is 7.16. The van der Waals surface area contributed by atoms with Crippen LogP contribution in [0.4, 0.5) is 0 Å². The topological polar surface area (TPSA) is 88.2 Å². The van der Waals surface area contributed by atoms with Crippen LogP contribution in [0.1, 0.15) is 24.0 Å². The molecule has 2 aliphatic heterocycles. The predicted octanol–water partition coefficient (Wildman–Crippen LogP) is 3.77. The van der Waals surface area contributed by atoms with Crippen molar-refractivity contribution in [3.8, 4) is 0 Å². The molecule has 3 aromatic heterocycles. The Labute approximate surface area is 200 Å². The number of piperidine rings is 1.